The van der Waals surface area contributed by atoms with E-state index in [9.17, 15) is 10.1 Å². The number of nitrogens with one attached hydrogen (secondary N) is 1. The summed E-state index contributed by atoms with van der Waals surface area (Å²) in [6, 6.07) is 5.36. The standard InChI is InChI=1S/C13H19N3O2/c1-9-5-7-10(8-6-9)15-12-4-2-3-11(14)13(12)16(17)18/h2-4,9-10,15H,5-8,14H2,1H3. The van der Waals surface area contributed by atoms with Gasteiger partial charge in [0, 0.05) is 6.04 Å². The van der Waals surface area contributed by atoms with Crippen LogP contribution in [-0.2, 0) is 0 Å². The van der Waals surface area contributed by atoms with Gasteiger partial charge < -0.3 is 11.1 Å². The minimum absolute atomic E-state index is 0.00359. The van der Waals surface area contributed by atoms with Gasteiger partial charge >= 0.3 is 5.69 Å². The first kappa shape index (κ1) is 12.7. The first-order chi connectivity index (χ1) is 8.58. The minimum Gasteiger partial charge on any atom is -0.393 e. The van der Waals surface area contributed by atoms with Gasteiger partial charge in [-0.05, 0) is 43.7 Å². The zero-order valence-electron chi connectivity index (χ0n) is 10.6. The molecule has 1 saturated carbocycles. The molecule has 1 aliphatic rings. The van der Waals surface area contributed by atoms with Crippen molar-refractivity contribution >= 4 is 17.1 Å². The maximum atomic E-state index is 11.0. The number of nitrogens with two attached hydrogens (primary N) is 1. The Morgan fingerprint density at radius 3 is 2.61 bits per heavy atom. The number of nitro groups is 1. The summed E-state index contributed by atoms with van der Waals surface area (Å²) in [5.74, 6) is 0.763. The summed E-state index contributed by atoms with van der Waals surface area (Å²) >= 11 is 0. The van der Waals surface area contributed by atoms with E-state index in [1.54, 1.807) is 18.2 Å². The van der Waals surface area contributed by atoms with Crippen molar-refractivity contribution in [3.8, 4) is 0 Å². The molecule has 0 aromatic heterocycles. The van der Waals surface area contributed by atoms with Crippen LogP contribution in [0.2, 0.25) is 0 Å². The molecule has 1 aliphatic carbocycles. The monoisotopic (exact) mass is 249 g/mol. The Morgan fingerprint density at radius 2 is 2.00 bits per heavy atom. The van der Waals surface area contributed by atoms with Gasteiger partial charge in [-0.2, -0.15) is 0 Å². The molecule has 18 heavy (non-hydrogen) atoms. The number of hydrogen-bond donors (Lipinski definition) is 2. The van der Waals surface area contributed by atoms with Crippen molar-refractivity contribution in [2.75, 3.05) is 11.1 Å². The lowest BCUT2D eigenvalue weighted by atomic mass is 9.87. The van der Waals surface area contributed by atoms with E-state index < -0.39 is 4.92 Å². The van der Waals surface area contributed by atoms with Crippen LogP contribution in [0, 0.1) is 16.0 Å². The lowest BCUT2D eigenvalue weighted by Crippen LogP contribution is -2.25. The first-order valence-electron chi connectivity index (χ1n) is 6.37. The molecule has 3 N–H and O–H groups in total. The fourth-order valence-electron chi connectivity index (χ4n) is 2.51. The summed E-state index contributed by atoms with van der Waals surface area (Å²) in [5.41, 5.74) is 6.42. The molecule has 0 radical (unpaired) electrons. The molecule has 0 bridgehead atoms. The normalized spacial score (nSPS) is 23.6. The maximum Gasteiger partial charge on any atom is 0.314 e. The third-order valence-corrected chi connectivity index (χ3v) is 3.63. The molecule has 0 atom stereocenters. The van der Waals surface area contributed by atoms with Gasteiger partial charge in [0.05, 0.1) is 4.92 Å². The summed E-state index contributed by atoms with van der Waals surface area (Å²) in [6.45, 7) is 2.25. The van der Waals surface area contributed by atoms with E-state index in [0.717, 1.165) is 18.8 Å². The highest BCUT2D eigenvalue weighted by atomic mass is 16.6. The highest BCUT2D eigenvalue weighted by Gasteiger charge is 2.23. The zero-order valence-corrected chi connectivity index (χ0v) is 10.6. The second-order valence-electron chi connectivity index (χ2n) is 5.10. The molecule has 0 spiro atoms. The molecule has 1 aromatic rings. The maximum absolute atomic E-state index is 11.0. The fraction of sp³-hybridized carbons (Fsp3) is 0.538. The third kappa shape index (κ3) is 2.72. The van der Waals surface area contributed by atoms with E-state index in [-0.39, 0.29) is 11.4 Å². The molecule has 1 aromatic carbocycles. The number of nitro benzene ring substituents is 1. The predicted octanol–water partition coefficient (Wildman–Crippen LogP) is 3.17. The second-order valence-corrected chi connectivity index (χ2v) is 5.10. The van der Waals surface area contributed by atoms with Crippen molar-refractivity contribution in [1.82, 2.24) is 0 Å². The van der Waals surface area contributed by atoms with E-state index >= 15 is 0 Å². The third-order valence-electron chi connectivity index (χ3n) is 3.63. The smallest absolute Gasteiger partial charge is 0.314 e. The Hall–Kier alpha value is -1.78. The summed E-state index contributed by atoms with van der Waals surface area (Å²) in [4.78, 5) is 10.6. The van der Waals surface area contributed by atoms with Crippen molar-refractivity contribution in [2.24, 2.45) is 5.92 Å². The molecule has 0 aliphatic heterocycles. The molecule has 2 rings (SSSR count). The lowest BCUT2D eigenvalue weighted by molar-refractivity contribution is -0.383. The van der Waals surface area contributed by atoms with Crippen molar-refractivity contribution in [1.29, 1.82) is 0 Å². The Kier molecular flexibility index (Phi) is 3.69. The molecular weight excluding hydrogens is 230 g/mol. The van der Waals surface area contributed by atoms with Crippen LogP contribution in [0.5, 0.6) is 0 Å². The molecule has 0 unspecified atom stereocenters. The van der Waals surface area contributed by atoms with Crippen LogP contribution < -0.4 is 11.1 Å². The number of benzene rings is 1. The van der Waals surface area contributed by atoms with Crippen LogP contribution in [0.25, 0.3) is 0 Å². The van der Waals surface area contributed by atoms with Gasteiger partial charge in [-0.25, -0.2) is 0 Å². The van der Waals surface area contributed by atoms with Gasteiger partial charge in [0.25, 0.3) is 0 Å². The summed E-state index contributed by atoms with van der Waals surface area (Å²) in [6.07, 6.45) is 4.47. The Labute approximate surface area is 107 Å². The molecule has 5 nitrogen and oxygen atoms in total. The minimum atomic E-state index is -0.414. The van der Waals surface area contributed by atoms with Crippen LogP contribution in [0.3, 0.4) is 0 Å². The van der Waals surface area contributed by atoms with Crippen LogP contribution in [-0.4, -0.2) is 11.0 Å². The second kappa shape index (κ2) is 5.25. The average Bonchev–Trinajstić information content (AvgIpc) is 2.32. The van der Waals surface area contributed by atoms with Gasteiger partial charge in [-0.3, -0.25) is 10.1 Å². The lowest BCUT2D eigenvalue weighted by Gasteiger charge is -2.27. The van der Waals surface area contributed by atoms with Gasteiger partial charge in [0.2, 0.25) is 0 Å². The zero-order chi connectivity index (χ0) is 13.1. The summed E-state index contributed by atoms with van der Waals surface area (Å²) in [5, 5.41) is 14.3. The molecule has 5 heteroatoms. The molecule has 0 amide bonds. The molecule has 0 heterocycles. The van der Waals surface area contributed by atoms with Gasteiger partial charge in [-0.15, -0.1) is 0 Å². The van der Waals surface area contributed by atoms with E-state index in [4.69, 9.17) is 5.73 Å². The molecule has 0 saturated heterocycles. The van der Waals surface area contributed by atoms with Gasteiger partial charge in [0.1, 0.15) is 11.4 Å². The Bertz CT molecular complexity index is 440. The average molecular weight is 249 g/mol. The van der Waals surface area contributed by atoms with Crippen molar-refractivity contribution in [3.05, 3.63) is 28.3 Å². The Balaban J connectivity index is 2.14. The quantitative estimate of drug-likeness (QED) is 0.489. The number of para-hydroxylation sites is 1. The van der Waals surface area contributed by atoms with Gasteiger partial charge in [-0.1, -0.05) is 13.0 Å². The van der Waals surface area contributed by atoms with Crippen molar-refractivity contribution in [3.63, 3.8) is 0 Å². The topological polar surface area (TPSA) is 81.2 Å². The highest BCUT2D eigenvalue weighted by molar-refractivity contribution is 5.74. The SMILES string of the molecule is CC1CCC(Nc2cccc(N)c2[N+](=O)[O-])CC1. The van der Waals surface area contributed by atoms with E-state index in [1.165, 1.54) is 12.8 Å². The predicted molar refractivity (Wildman–Crippen MR) is 72.6 cm³/mol. The molecule has 98 valence electrons. The number of hydrogen-bond acceptors (Lipinski definition) is 4. The summed E-state index contributed by atoms with van der Waals surface area (Å²) in [7, 11) is 0. The van der Waals surface area contributed by atoms with Crippen molar-refractivity contribution < 1.29 is 4.92 Å². The van der Waals surface area contributed by atoms with Crippen LogP contribution in [0.15, 0.2) is 18.2 Å². The van der Waals surface area contributed by atoms with Crippen molar-refractivity contribution in [2.45, 2.75) is 38.6 Å². The van der Waals surface area contributed by atoms with Gasteiger partial charge in [0.15, 0.2) is 0 Å². The van der Waals surface area contributed by atoms with E-state index in [0.29, 0.717) is 11.7 Å². The number of nitrogens with zero attached hydrogens (tertiary/aromatic N) is 1. The summed E-state index contributed by atoms with van der Waals surface area (Å²) < 4.78 is 0. The highest BCUT2D eigenvalue weighted by Crippen LogP contribution is 2.33. The fourth-order valence-corrected chi connectivity index (χ4v) is 2.51. The van der Waals surface area contributed by atoms with Crippen LogP contribution in [0.4, 0.5) is 17.1 Å². The number of rotatable bonds is 3. The number of nitrogen functional groups attached to an aromatic ring is 1. The first-order valence-corrected chi connectivity index (χ1v) is 6.37. The van der Waals surface area contributed by atoms with Crippen LogP contribution >= 0.6 is 0 Å². The molecular formula is C13H19N3O2. The number of anilines is 2. The largest absolute Gasteiger partial charge is 0.393 e. The van der Waals surface area contributed by atoms with E-state index in [2.05, 4.69) is 12.2 Å². The van der Waals surface area contributed by atoms with Crippen LogP contribution in [0.1, 0.15) is 32.6 Å². The Morgan fingerprint density at radius 1 is 1.33 bits per heavy atom. The molecule has 1 fully saturated rings. The van der Waals surface area contributed by atoms with E-state index in [1.807, 2.05) is 0 Å².